The fourth-order valence-electron chi connectivity index (χ4n) is 1.89. The third kappa shape index (κ3) is 3.49. The fourth-order valence-corrected chi connectivity index (χ4v) is 2.18. The number of aryl methyl sites for hydroxylation is 1. The highest BCUT2D eigenvalue weighted by Gasteiger charge is 2.11. The molecular weight excluding hydrogens is 218 g/mol. The first-order chi connectivity index (χ1) is 7.54. The molecule has 1 aromatic rings. The van der Waals surface area contributed by atoms with E-state index >= 15 is 0 Å². The van der Waals surface area contributed by atoms with E-state index < -0.39 is 0 Å². The first-order valence-corrected chi connectivity index (χ1v) is 5.86. The Morgan fingerprint density at radius 2 is 2.19 bits per heavy atom. The van der Waals surface area contributed by atoms with Crippen molar-refractivity contribution < 1.29 is 4.74 Å². The Kier molecular flexibility index (Phi) is 4.74. The molecule has 0 aliphatic rings. The molecule has 0 heterocycles. The molecule has 0 saturated heterocycles. The van der Waals surface area contributed by atoms with E-state index in [1.165, 1.54) is 11.1 Å². The van der Waals surface area contributed by atoms with Crippen molar-refractivity contribution in [3.63, 3.8) is 0 Å². The molecule has 0 radical (unpaired) electrons. The minimum atomic E-state index is 0.451. The molecule has 1 unspecified atom stereocenters. The zero-order chi connectivity index (χ0) is 12.1. The number of ether oxygens (including phenoxy) is 1. The first-order valence-electron chi connectivity index (χ1n) is 5.45. The molecule has 0 amide bonds. The Morgan fingerprint density at radius 3 is 2.75 bits per heavy atom. The third-order valence-corrected chi connectivity index (χ3v) is 2.86. The quantitative estimate of drug-likeness (QED) is 0.800. The van der Waals surface area contributed by atoms with Gasteiger partial charge in [-0.2, -0.15) is 0 Å². The summed E-state index contributed by atoms with van der Waals surface area (Å²) in [5.74, 6) is 1.40. The van der Waals surface area contributed by atoms with Crippen molar-refractivity contribution in [2.75, 3.05) is 7.11 Å². The minimum absolute atomic E-state index is 0.451. The van der Waals surface area contributed by atoms with Crippen LogP contribution in [-0.2, 0) is 6.42 Å². The first kappa shape index (κ1) is 13.0. The summed E-state index contributed by atoms with van der Waals surface area (Å²) in [5, 5.41) is 0. The number of rotatable bonds is 5. The molecule has 2 N–H and O–H groups in total. The van der Waals surface area contributed by atoms with Crippen molar-refractivity contribution in [2.45, 2.75) is 26.7 Å². The lowest BCUT2D eigenvalue weighted by Crippen LogP contribution is -2.14. The molecule has 16 heavy (non-hydrogen) atoms. The second-order valence-corrected chi connectivity index (χ2v) is 4.76. The average molecular weight is 237 g/mol. The van der Waals surface area contributed by atoms with Crippen LogP contribution in [0.4, 0.5) is 0 Å². The van der Waals surface area contributed by atoms with Crippen LogP contribution in [0, 0.1) is 12.8 Å². The number of hydrogen-bond acceptors (Lipinski definition) is 2. The van der Waals surface area contributed by atoms with Gasteiger partial charge in [-0.15, -0.1) is 0 Å². The normalized spacial score (nSPS) is 12.2. The van der Waals surface area contributed by atoms with Gasteiger partial charge < -0.3 is 10.5 Å². The van der Waals surface area contributed by atoms with E-state index in [0.29, 0.717) is 10.9 Å². The smallest absolute Gasteiger partial charge is 0.122 e. The molecule has 88 valence electrons. The summed E-state index contributed by atoms with van der Waals surface area (Å²) in [5.41, 5.74) is 8.07. The summed E-state index contributed by atoms with van der Waals surface area (Å²) in [6.07, 6.45) is 1.74. The molecule has 0 spiro atoms. The molecule has 0 aliphatic heterocycles. The van der Waals surface area contributed by atoms with E-state index in [-0.39, 0.29) is 0 Å². The van der Waals surface area contributed by atoms with Crippen LogP contribution in [0.3, 0.4) is 0 Å². The molecule has 0 aromatic heterocycles. The topological polar surface area (TPSA) is 35.2 Å². The molecule has 2 nitrogen and oxygen atoms in total. The number of hydrogen-bond donors (Lipinski definition) is 1. The van der Waals surface area contributed by atoms with Crippen molar-refractivity contribution in [2.24, 2.45) is 11.7 Å². The van der Waals surface area contributed by atoms with E-state index in [1.807, 2.05) is 12.1 Å². The van der Waals surface area contributed by atoms with Gasteiger partial charge in [0.15, 0.2) is 0 Å². The Morgan fingerprint density at radius 1 is 1.50 bits per heavy atom. The fraction of sp³-hybridized carbons (Fsp3) is 0.462. The summed E-state index contributed by atoms with van der Waals surface area (Å²) >= 11 is 4.93. The standard InChI is InChI=1S/C13H19NOS/c1-9(8-13(14)16)7-11-10(2)5-4-6-12(11)15-3/h4-6,9H,7-8H2,1-3H3,(H2,14,16). The summed E-state index contributed by atoms with van der Waals surface area (Å²) < 4.78 is 5.37. The summed E-state index contributed by atoms with van der Waals surface area (Å²) in [4.78, 5) is 0.583. The highest BCUT2D eigenvalue weighted by Crippen LogP contribution is 2.25. The second-order valence-electron chi connectivity index (χ2n) is 4.24. The number of benzene rings is 1. The maximum absolute atomic E-state index is 5.56. The van der Waals surface area contributed by atoms with E-state index in [2.05, 4.69) is 19.9 Å². The largest absolute Gasteiger partial charge is 0.496 e. The number of thiocarbonyl (C=S) groups is 1. The van der Waals surface area contributed by atoms with Crippen LogP contribution in [-0.4, -0.2) is 12.1 Å². The summed E-state index contributed by atoms with van der Waals surface area (Å²) in [7, 11) is 1.70. The highest BCUT2D eigenvalue weighted by atomic mass is 32.1. The predicted molar refractivity (Wildman–Crippen MR) is 72.0 cm³/mol. The summed E-state index contributed by atoms with van der Waals surface area (Å²) in [6, 6.07) is 6.11. The molecule has 1 atom stereocenters. The van der Waals surface area contributed by atoms with Crippen LogP contribution < -0.4 is 10.5 Å². The molecule has 0 bridgehead atoms. The van der Waals surface area contributed by atoms with Gasteiger partial charge in [0.05, 0.1) is 12.1 Å². The van der Waals surface area contributed by atoms with Crippen molar-refractivity contribution in [3.05, 3.63) is 29.3 Å². The molecule has 0 aliphatic carbocycles. The van der Waals surface area contributed by atoms with Crippen molar-refractivity contribution in [1.82, 2.24) is 0 Å². The van der Waals surface area contributed by atoms with Crippen molar-refractivity contribution in [3.8, 4) is 5.75 Å². The third-order valence-electron chi connectivity index (χ3n) is 2.69. The van der Waals surface area contributed by atoms with E-state index in [4.69, 9.17) is 22.7 Å². The SMILES string of the molecule is COc1cccc(C)c1CC(C)CC(N)=S. The van der Waals surface area contributed by atoms with Gasteiger partial charge in [0.1, 0.15) is 5.75 Å². The van der Waals surface area contributed by atoms with Gasteiger partial charge in [-0.1, -0.05) is 31.3 Å². The molecule has 1 rings (SSSR count). The van der Waals surface area contributed by atoms with Gasteiger partial charge in [0, 0.05) is 6.42 Å². The Labute approximate surface area is 103 Å². The zero-order valence-corrected chi connectivity index (χ0v) is 10.9. The molecule has 0 saturated carbocycles. The monoisotopic (exact) mass is 237 g/mol. The van der Waals surface area contributed by atoms with Crippen LogP contribution in [0.5, 0.6) is 5.75 Å². The Hall–Kier alpha value is -1.09. The second kappa shape index (κ2) is 5.85. The minimum Gasteiger partial charge on any atom is -0.496 e. The van der Waals surface area contributed by atoms with Gasteiger partial charge in [-0.05, 0) is 36.5 Å². The van der Waals surface area contributed by atoms with Crippen LogP contribution >= 0.6 is 12.2 Å². The lowest BCUT2D eigenvalue weighted by molar-refractivity contribution is 0.405. The van der Waals surface area contributed by atoms with Gasteiger partial charge in [-0.25, -0.2) is 0 Å². The lowest BCUT2D eigenvalue weighted by atomic mass is 9.94. The Balaban J connectivity index is 2.83. The molecule has 0 fully saturated rings. The number of methoxy groups -OCH3 is 1. The maximum atomic E-state index is 5.56. The van der Waals surface area contributed by atoms with E-state index in [0.717, 1.165) is 18.6 Å². The zero-order valence-electron chi connectivity index (χ0n) is 10.1. The predicted octanol–water partition coefficient (Wildman–Crippen LogP) is 2.86. The maximum Gasteiger partial charge on any atom is 0.122 e. The lowest BCUT2D eigenvalue weighted by Gasteiger charge is -2.15. The van der Waals surface area contributed by atoms with Crippen LogP contribution in [0.1, 0.15) is 24.5 Å². The molecular formula is C13H19NOS. The van der Waals surface area contributed by atoms with Crippen molar-refractivity contribution >= 4 is 17.2 Å². The van der Waals surface area contributed by atoms with Crippen LogP contribution in [0.15, 0.2) is 18.2 Å². The molecule has 3 heteroatoms. The van der Waals surface area contributed by atoms with E-state index in [1.54, 1.807) is 7.11 Å². The van der Waals surface area contributed by atoms with Gasteiger partial charge in [0.25, 0.3) is 0 Å². The van der Waals surface area contributed by atoms with Gasteiger partial charge >= 0.3 is 0 Å². The van der Waals surface area contributed by atoms with Gasteiger partial charge in [0.2, 0.25) is 0 Å². The molecule has 1 aromatic carbocycles. The summed E-state index contributed by atoms with van der Waals surface area (Å²) in [6.45, 7) is 4.26. The van der Waals surface area contributed by atoms with Crippen LogP contribution in [0.25, 0.3) is 0 Å². The Bertz CT molecular complexity index is 376. The van der Waals surface area contributed by atoms with Crippen LogP contribution in [0.2, 0.25) is 0 Å². The highest BCUT2D eigenvalue weighted by molar-refractivity contribution is 7.80. The van der Waals surface area contributed by atoms with Crippen molar-refractivity contribution in [1.29, 1.82) is 0 Å². The number of nitrogens with two attached hydrogens (primary N) is 1. The van der Waals surface area contributed by atoms with E-state index in [9.17, 15) is 0 Å². The van der Waals surface area contributed by atoms with Gasteiger partial charge in [-0.3, -0.25) is 0 Å². The average Bonchev–Trinajstić information content (AvgIpc) is 2.20.